The lowest BCUT2D eigenvalue weighted by molar-refractivity contribution is -0.120. The molecule has 4 aliphatic carbocycles. The summed E-state index contributed by atoms with van der Waals surface area (Å²) in [5, 5.41) is 20.6. The summed E-state index contributed by atoms with van der Waals surface area (Å²) in [4.78, 5) is 22.9. The van der Waals surface area contributed by atoms with Crippen LogP contribution in [-0.2, 0) is 56.2 Å². The number of carbonyl (C=O) groups is 2. The van der Waals surface area contributed by atoms with Crippen LogP contribution in [0, 0.1) is 22.7 Å². The number of hydrogen-bond acceptors (Lipinski definition) is 8. The minimum Gasteiger partial charge on any atom is -0.493 e. The number of amides is 1. The number of ketones is 1. The third-order valence-corrected chi connectivity index (χ3v) is 13.9. The summed E-state index contributed by atoms with van der Waals surface area (Å²) in [6, 6.07) is 21.3. The zero-order valence-corrected chi connectivity index (χ0v) is 35.8. The number of nitrogens with one attached hydrogen (secondary N) is 1. The zero-order valence-electron chi connectivity index (χ0n) is 35.8. The first-order valence-electron chi connectivity index (χ1n) is 22.8. The number of nitriles is 2. The number of allylic oxidation sites excluding steroid dienone is 2. The van der Waals surface area contributed by atoms with Gasteiger partial charge in [0.15, 0.2) is 5.78 Å². The van der Waals surface area contributed by atoms with Gasteiger partial charge in [-0.05, 0) is 132 Å². The van der Waals surface area contributed by atoms with Crippen molar-refractivity contribution < 1.29 is 28.5 Å². The van der Waals surface area contributed by atoms with E-state index in [2.05, 4.69) is 53.9 Å². The summed E-state index contributed by atoms with van der Waals surface area (Å²) < 4.78 is 22.2. The number of ether oxygens (including phenoxy) is 4. The zero-order chi connectivity index (χ0) is 42.6. The topological polar surface area (TPSA) is 131 Å². The van der Waals surface area contributed by atoms with E-state index in [1.165, 1.54) is 74.0 Å². The number of aryl methyl sites for hydroxylation is 4. The monoisotopic (exact) mass is 829 g/mol. The van der Waals surface area contributed by atoms with Crippen LogP contribution in [0.4, 0.5) is 0 Å². The van der Waals surface area contributed by atoms with Crippen LogP contribution in [0.1, 0.15) is 135 Å². The summed E-state index contributed by atoms with van der Waals surface area (Å²) in [6.07, 6.45) is 16.3. The van der Waals surface area contributed by atoms with Crippen molar-refractivity contribution in [3.05, 3.63) is 121 Å². The summed E-state index contributed by atoms with van der Waals surface area (Å²) in [5.41, 5.74) is 17.2. The van der Waals surface area contributed by atoms with Gasteiger partial charge in [0, 0.05) is 85.4 Å². The lowest BCUT2D eigenvalue weighted by atomic mass is 9.92. The molecule has 0 saturated carbocycles. The van der Waals surface area contributed by atoms with Crippen molar-refractivity contribution in [1.82, 2.24) is 5.32 Å². The Labute approximate surface area is 365 Å². The molecule has 0 radical (unpaired) electrons. The van der Waals surface area contributed by atoms with Gasteiger partial charge in [0.1, 0.15) is 23.0 Å². The van der Waals surface area contributed by atoms with Crippen molar-refractivity contribution >= 4 is 17.3 Å². The second-order valence-corrected chi connectivity index (χ2v) is 17.3. The van der Waals surface area contributed by atoms with Crippen molar-refractivity contribution in [2.75, 3.05) is 33.0 Å². The Bertz CT molecular complexity index is 2520. The molecule has 0 bridgehead atoms. The quantitative estimate of drug-likeness (QED) is 0.197. The molecule has 0 unspecified atom stereocenters. The van der Waals surface area contributed by atoms with E-state index >= 15 is 0 Å². The third kappa shape index (κ3) is 8.18. The Morgan fingerprint density at radius 3 is 1.71 bits per heavy atom. The van der Waals surface area contributed by atoms with Gasteiger partial charge in [0.2, 0.25) is 5.91 Å². The van der Waals surface area contributed by atoms with Crippen LogP contribution in [0.5, 0.6) is 23.0 Å². The van der Waals surface area contributed by atoms with Crippen LogP contribution in [-0.4, -0.2) is 44.7 Å². The minimum atomic E-state index is 0.153. The van der Waals surface area contributed by atoms with E-state index in [1.807, 2.05) is 19.1 Å². The van der Waals surface area contributed by atoms with E-state index in [-0.39, 0.29) is 5.91 Å². The second-order valence-electron chi connectivity index (χ2n) is 17.3. The normalized spacial score (nSPS) is 19.9. The highest BCUT2D eigenvalue weighted by atomic mass is 16.5. The van der Waals surface area contributed by atoms with E-state index in [4.69, 9.17) is 29.5 Å². The van der Waals surface area contributed by atoms with Gasteiger partial charge in [-0.2, -0.15) is 10.5 Å². The van der Waals surface area contributed by atoms with E-state index < -0.39 is 0 Å². The molecule has 0 fully saturated rings. The highest BCUT2D eigenvalue weighted by Gasteiger charge is 2.31. The van der Waals surface area contributed by atoms with Crippen LogP contribution in [0.15, 0.2) is 54.6 Å². The Hall–Kier alpha value is -6.06. The van der Waals surface area contributed by atoms with Crippen LogP contribution in [0.2, 0.25) is 0 Å². The van der Waals surface area contributed by atoms with Crippen molar-refractivity contribution in [3.8, 4) is 35.1 Å². The molecule has 4 aromatic carbocycles. The van der Waals surface area contributed by atoms with Gasteiger partial charge in [-0.1, -0.05) is 31.2 Å². The van der Waals surface area contributed by atoms with Crippen molar-refractivity contribution in [1.29, 1.82) is 10.5 Å². The average Bonchev–Trinajstić information content (AvgIpc) is 4.14. The molecule has 4 aliphatic heterocycles. The van der Waals surface area contributed by atoms with Gasteiger partial charge < -0.3 is 24.3 Å². The van der Waals surface area contributed by atoms with E-state index in [1.54, 1.807) is 6.08 Å². The first-order chi connectivity index (χ1) is 30.4. The number of rotatable bonds is 5. The number of carbonyl (C=O) groups excluding carboxylic acids is 2. The Morgan fingerprint density at radius 2 is 1.13 bits per heavy atom. The van der Waals surface area contributed by atoms with Gasteiger partial charge in [-0.3, -0.25) is 9.59 Å². The molecular formula is C53H55N3O6. The molecule has 1 N–H and O–H groups in total. The number of fused-ring (bicyclic) bond motifs is 12. The number of hydrogen-bond donors (Lipinski definition) is 1. The summed E-state index contributed by atoms with van der Waals surface area (Å²) in [5.74, 6) is 5.60. The average molecular weight is 830 g/mol. The molecule has 9 heteroatoms. The smallest absolute Gasteiger partial charge is 0.219 e. The van der Waals surface area contributed by atoms with Crippen LogP contribution in [0.3, 0.4) is 0 Å². The standard InChI is InChI=1S/C16H21NO2.C13H13NO.C13H11NO.C11H10O2/c1-2-15(18)17-9-7-12-4-3-11-5-6-14-13(16(11)12)8-10-19-14;2*14-7-5-10-2-1-9-3-4-12-11(13(9)10)6-8-15-12;12-9-3-1-7-2-4-10-8(11(7)9)5-6-13-10/h5-6,12H,2-4,7-10H2,1H3,(H,17,18);3-4,10H,1-2,5-6,8H2;3-5H,1-2,6,8H2;2,4H,1,3,5-6H2/b;;10-5+;/t12-;10-;;/m00../s1. The predicted octanol–water partition coefficient (Wildman–Crippen LogP) is 9.36. The molecule has 318 valence electrons. The first kappa shape index (κ1) is 41.3. The molecule has 0 saturated heterocycles. The van der Waals surface area contributed by atoms with Gasteiger partial charge in [-0.25, -0.2) is 0 Å². The molecule has 4 aromatic rings. The highest BCUT2D eigenvalue weighted by Crippen LogP contribution is 2.45. The molecule has 8 aliphatic rings. The molecule has 62 heavy (non-hydrogen) atoms. The van der Waals surface area contributed by atoms with Crippen LogP contribution < -0.4 is 24.3 Å². The second kappa shape index (κ2) is 18.5. The Morgan fingerprint density at radius 1 is 0.629 bits per heavy atom. The van der Waals surface area contributed by atoms with Gasteiger partial charge in [0.05, 0.1) is 38.6 Å². The van der Waals surface area contributed by atoms with Gasteiger partial charge >= 0.3 is 0 Å². The molecule has 9 nitrogen and oxygen atoms in total. The molecular weight excluding hydrogens is 775 g/mol. The van der Waals surface area contributed by atoms with E-state index in [0.717, 1.165) is 131 Å². The molecule has 4 heterocycles. The Balaban J connectivity index is 0.000000106. The largest absolute Gasteiger partial charge is 0.493 e. The lowest BCUT2D eigenvalue weighted by Gasteiger charge is -2.15. The lowest BCUT2D eigenvalue weighted by Crippen LogP contribution is -2.24. The Kier molecular flexibility index (Phi) is 12.3. The predicted molar refractivity (Wildman–Crippen MR) is 237 cm³/mol. The van der Waals surface area contributed by atoms with Crippen LogP contribution >= 0.6 is 0 Å². The third-order valence-electron chi connectivity index (χ3n) is 13.9. The maximum Gasteiger partial charge on any atom is 0.219 e. The fourth-order valence-electron chi connectivity index (χ4n) is 11.0. The molecule has 0 spiro atoms. The molecule has 12 rings (SSSR count). The van der Waals surface area contributed by atoms with E-state index in [9.17, 15) is 9.59 Å². The number of benzene rings is 4. The van der Waals surface area contributed by atoms with Crippen molar-refractivity contribution in [2.24, 2.45) is 0 Å². The van der Waals surface area contributed by atoms with Crippen molar-refractivity contribution in [2.45, 2.75) is 115 Å². The summed E-state index contributed by atoms with van der Waals surface area (Å²) in [6.45, 7) is 5.84. The number of nitrogens with zero attached hydrogens (tertiary/aromatic N) is 2. The van der Waals surface area contributed by atoms with E-state index in [0.29, 0.717) is 36.9 Å². The first-order valence-corrected chi connectivity index (χ1v) is 22.8. The maximum atomic E-state index is 11.6. The minimum absolute atomic E-state index is 0.153. The fraction of sp³-hybridized carbons (Fsp3) is 0.434. The fourth-order valence-corrected chi connectivity index (χ4v) is 11.0. The maximum absolute atomic E-state index is 11.6. The van der Waals surface area contributed by atoms with Gasteiger partial charge in [-0.15, -0.1) is 0 Å². The summed E-state index contributed by atoms with van der Waals surface area (Å²) >= 11 is 0. The SMILES string of the molecule is CCC(=O)NCC[C@@H]1CCc2ccc3c(c21)CCO3.N#C/C=C1\CCc2ccc3c(c21)CCO3.N#CC[C@@H]1CCc2ccc3c(c21)CCO3.O=C1CCc2ccc3c(c21)CCO3. The van der Waals surface area contributed by atoms with Crippen LogP contribution in [0.25, 0.3) is 5.57 Å². The molecule has 1 amide bonds. The van der Waals surface area contributed by atoms with Gasteiger partial charge in [0.25, 0.3) is 0 Å². The molecule has 0 aromatic heterocycles. The highest BCUT2D eigenvalue weighted by molar-refractivity contribution is 6.02. The molecule has 2 atom stereocenters. The summed E-state index contributed by atoms with van der Waals surface area (Å²) in [7, 11) is 0. The number of Topliss-reactive ketones (excluding diaryl/α,β-unsaturated/α-hetero) is 1. The van der Waals surface area contributed by atoms with Crippen molar-refractivity contribution in [3.63, 3.8) is 0 Å².